The zero-order chi connectivity index (χ0) is 31.8. The number of nitrogens with zero attached hydrogens (tertiary/aromatic N) is 7. The summed E-state index contributed by atoms with van der Waals surface area (Å²) in [6.45, 7) is -1.83. The van der Waals surface area contributed by atoms with E-state index in [1.165, 1.54) is 0 Å². The largest absolute Gasteiger partial charge is 0.472 e. The summed E-state index contributed by atoms with van der Waals surface area (Å²) in [5.74, 6) is -2.08. The van der Waals surface area contributed by atoms with Crippen LogP contribution in [-0.4, -0.2) is 148 Å². The Balaban J connectivity index is 1.15. The van der Waals surface area contributed by atoms with E-state index in [1.807, 2.05) is 0 Å². The van der Waals surface area contributed by atoms with Gasteiger partial charge in [0.15, 0.2) is 36.5 Å². The minimum absolute atomic E-state index is 0.0476. The standard InChI is InChI=1S/C20H22FN9O13P2/c21-8-12-7(41-18(8)29-4-25-9-14(29)23-3-24-16(9)32)2-39-45(36,37)43-13-11(31)6(1-38-44(34,35)42-12)40-19(13)30-5-26-10-15(30)27-20(22)28-17(10)33/h3-13,18-19,31H,1-2H2,(H,34,35)(H,36,37)(H2,22,28,33)/t6-,7-,8+,9?,10?,11-,12-,13-,18-,19-/m1/s1. The van der Waals surface area contributed by atoms with E-state index in [-0.39, 0.29) is 11.7 Å². The second kappa shape index (κ2) is 11.0. The maximum atomic E-state index is 15.8. The first-order valence-electron chi connectivity index (χ1n) is 13.0. The van der Waals surface area contributed by atoms with E-state index in [4.69, 9.17) is 33.0 Å². The highest BCUT2D eigenvalue weighted by Gasteiger charge is 2.57. The number of hydrogen-bond donors (Lipinski definition) is 5. The van der Waals surface area contributed by atoms with Gasteiger partial charge < -0.3 is 24.4 Å². The number of alkyl halides is 1. The van der Waals surface area contributed by atoms with E-state index in [0.717, 1.165) is 28.8 Å². The minimum Gasteiger partial charge on any atom is -0.387 e. The molecule has 25 heteroatoms. The lowest BCUT2D eigenvalue weighted by molar-refractivity contribution is -0.120. The fraction of sp³-hybridized carbons (Fsp3) is 0.600. The number of carbonyl (C=O) groups excluding carboxylic acids is 2. The fourth-order valence-electron chi connectivity index (χ4n) is 5.44. The van der Waals surface area contributed by atoms with Crippen LogP contribution in [0.1, 0.15) is 0 Å². The summed E-state index contributed by atoms with van der Waals surface area (Å²) in [6, 6.07) is -2.37. The van der Waals surface area contributed by atoms with Crippen LogP contribution < -0.4 is 5.32 Å². The highest BCUT2D eigenvalue weighted by Crippen LogP contribution is 2.52. The number of rotatable bonds is 2. The summed E-state index contributed by atoms with van der Waals surface area (Å²) < 4.78 is 73.8. The molecule has 242 valence electrons. The van der Waals surface area contributed by atoms with Crippen molar-refractivity contribution in [1.29, 1.82) is 5.41 Å². The number of amidine groups is 2. The first-order valence-corrected chi connectivity index (χ1v) is 16.0. The molecule has 7 aliphatic heterocycles. The van der Waals surface area contributed by atoms with Gasteiger partial charge in [-0.1, -0.05) is 0 Å². The van der Waals surface area contributed by atoms with Gasteiger partial charge in [0.1, 0.15) is 42.7 Å². The first kappa shape index (κ1) is 30.4. The highest BCUT2D eigenvalue weighted by atomic mass is 31.2. The molecule has 45 heavy (non-hydrogen) atoms. The number of nitrogens with one attached hydrogen (secondary N) is 2. The number of ether oxygens (including phenoxy) is 2. The molecule has 3 fully saturated rings. The van der Waals surface area contributed by atoms with E-state index in [9.17, 15) is 33.6 Å². The summed E-state index contributed by atoms with van der Waals surface area (Å²) in [4.78, 5) is 66.8. The molecular formula is C20H22FN9O13P2. The van der Waals surface area contributed by atoms with E-state index in [0.29, 0.717) is 0 Å². The molecule has 22 nitrogen and oxygen atoms in total. The van der Waals surface area contributed by atoms with Crippen molar-refractivity contribution in [1.82, 2.24) is 15.1 Å². The van der Waals surface area contributed by atoms with Gasteiger partial charge in [0, 0.05) is 0 Å². The summed E-state index contributed by atoms with van der Waals surface area (Å²) in [5, 5.41) is 20.9. The Labute approximate surface area is 250 Å². The van der Waals surface area contributed by atoms with Crippen LogP contribution in [0.15, 0.2) is 25.0 Å². The fourth-order valence-corrected chi connectivity index (χ4v) is 7.33. The van der Waals surface area contributed by atoms with Crippen molar-refractivity contribution in [2.24, 2.45) is 25.0 Å². The lowest BCUT2D eigenvalue weighted by Gasteiger charge is -2.31. The molecule has 5 N–H and O–H groups in total. The maximum Gasteiger partial charge on any atom is 0.472 e. The Bertz CT molecular complexity index is 1590. The Hall–Kier alpha value is -3.21. The van der Waals surface area contributed by atoms with Crippen molar-refractivity contribution in [3.8, 4) is 0 Å². The lowest BCUT2D eigenvalue weighted by Crippen LogP contribution is -2.53. The van der Waals surface area contributed by atoms with Gasteiger partial charge in [0.05, 0.1) is 25.9 Å². The van der Waals surface area contributed by atoms with E-state index in [1.54, 1.807) is 0 Å². The number of hydrogen-bond acceptors (Lipinski definition) is 17. The van der Waals surface area contributed by atoms with Crippen LogP contribution in [-0.2, 0) is 46.3 Å². The maximum absolute atomic E-state index is 15.8. The van der Waals surface area contributed by atoms with Gasteiger partial charge in [-0.05, 0) is 0 Å². The van der Waals surface area contributed by atoms with Crippen molar-refractivity contribution in [3.63, 3.8) is 0 Å². The van der Waals surface area contributed by atoms with E-state index in [2.05, 4.69) is 30.3 Å². The zero-order valence-electron chi connectivity index (χ0n) is 22.2. The van der Waals surface area contributed by atoms with Gasteiger partial charge in [-0.25, -0.2) is 18.5 Å². The number of fused-ring (bicyclic) bond motifs is 5. The first-order chi connectivity index (χ1) is 21.3. The van der Waals surface area contributed by atoms with Gasteiger partial charge in [-0.3, -0.25) is 58.2 Å². The molecule has 0 aromatic rings. The number of aliphatic imine (C=N–C) groups is 5. The molecule has 2 amide bonds. The van der Waals surface area contributed by atoms with Crippen LogP contribution in [0.5, 0.6) is 0 Å². The van der Waals surface area contributed by atoms with Crippen molar-refractivity contribution in [2.75, 3.05) is 13.2 Å². The van der Waals surface area contributed by atoms with Crippen LogP contribution in [0.2, 0.25) is 0 Å². The number of guanidine groups is 1. The summed E-state index contributed by atoms with van der Waals surface area (Å²) in [5.41, 5.74) is 0. The third kappa shape index (κ3) is 5.38. The molecule has 0 aliphatic carbocycles. The molecule has 0 spiro atoms. The predicted molar refractivity (Wildman–Crippen MR) is 142 cm³/mol. The van der Waals surface area contributed by atoms with Crippen molar-refractivity contribution in [3.05, 3.63) is 0 Å². The molecular weight excluding hydrogens is 655 g/mol. The van der Waals surface area contributed by atoms with E-state index < -0.39 is 108 Å². The normalized spacial score (nSPS) is 46.1. The summed E-state index contributed by atoms with van der Waals surface area (Å²) in [7, 11) is -10.4. The van der Waals surface area contributed by atoms with Crippen LogP contribution in [0.25, 0.3) is 0 Å². The average molecular weight is 677 g/mol. The third-order valence-electron chi connectivity index (χ3n) is 7.47. The predicted octanol–water partition coefficient (Wildman–Crippen LogP) is -2.99. The minimum atomic E-state index is -5.18. The van der Waals surface area contributed by atoms with Crippen molar-refractivity contribution in [2.45, 2.75) is 61.2 Å². The SMILES string of the molecule is N=C1N=C2C(N=CN2[C@@H]2O[C@@H]3COP(=O)(O)O[C@H]4[C@H](F)[C@H](N5C=NC6C(=O)N=CN=C65)O[C@@H]4COP(=O)(O)O[C@@H]2[C@@H]3O)C(=O)N1. The number of carbonyl (C=O) groups is 2. The van der Waals surface area contributed by atoms with Gasteiger partial charge in [0.25, 0.3) is 11.8 Å². The molecule has 7 heterocycles. The Morgan fingerprint density at radius 1 is 0.933 bits per heavy atom. The highest BCUT2D eigenvalue weighted by molar-refractivity contribution is 7.47. The second-order valence-corrected chi connectivity index (χ2v) is 13.1. The lowest BCUT2D eigenvalue weighted by atomic mass is 10.1. The Morgan fingerprint density at radius 3 is 2.29 bits per heavy atom. The molecule has 7 aliphatic rings. The van der Waals surface area contributed by atoms with Gasteiger partial charge in [0.2, 0.25) is 5.96 Å². The molecule has 0 radical (unpaired) electrons. The Kier molecular flexibility index (Phi) is 7.41. The van der Waals surface area contributed by atoms with Gasteiger partial charge in [-0.15, -0.1) is 0 Å². The number of aliphatic hydroxyl groups is 1. The number of aliphatic hydroxyl groups excluding tert-OH is 1. The topological polar surface area (TPSA) is 289 Å². The monoisotopic (exact) mass is 677 g/mol. The quantitative estimate of drug-likeness (QED) is 0.182. The molecule has 0 aromatic heterocycles. The van der Waals surface area contributed by atoms with E-state index >= 15 is 4.39 Å². The summed E-state index contributed by atoms with van der Waals surface area (Å²) >= 11 is 0. The van der Waals surface area contributed by atoms with Crippen molar-refractivity contribution < 1.29 is 65.6 Å². The third-order valence-corrected chi connectivity index (χ3v) is 9.44. The van der Waals surface area contributed by atoms with Crippen LogP contribution in [0.3, 0.4) is 0 Å². The Morgan fingerprint density at radius 2 is 1.56 bits per heavy atom. The smallest absolute Gasteiger partial charge is 0.387 e. The molecule has 3 saturated heterocycles. The molecule has 12 atom stereocenters. The van der Waals surface area contributed by atoms with Gasteiger partial charge >= 0.3 is 15.6 Å². The zero-order valence-corrected chi connectivity index (χ0v) is 24.0. The number of phosphoric ester groups is 2. The summed E-state index contributed by atoms with van der Waals surface area (Å²) in [6.07, 6.45) is -11.1. The number of phosphoric acid groups is 2. The second-order valence-electron chi connectivity index (χ2n) is 10.3. The molecule has 4 unspecified atom stereocenters. The molecule has 0 aromatic carbocycles. The molecule has 7 rings (SSSR count). The van der Waals surface area contributed by atoms with Crippen molar-refractivity contribution >= 4 is 64.1 Å². The molecule has 2 bridgehead atoms. The number of amides is 2. The van der Waals surface area contributed by atoms with Crippen LogP contribution in [0, 0.1) is 5.41 Å². The average Bonchev–Trinajstić information content (AvgIpc) is 3.72. The van der Waals surface area contributed by atoms with Crippen LogP contribution >= 0.6 is 15.6 Å². The van der Waals surface area contributed by atoms with Crippen LogP contribution in [0.4, 0.5) is 4.39 Å². The number of halogens is 1. The molecule has 0 saturated carbocycles. The van der Waals surface area contributed by atoms with Gasteiger partial charge in [-0.2, -0.15) is 9.98 Å².